The van der Waals surface area contributed by atoms with Crippen LogP contribution in [0.25, 0.3) is 0 Å². The Labute approximate surface area is 162 Å². The molecule has 2 aromatic rings. The second-order valence-electron chi connectivity index (χ2n) is 6.45. The van der Waals surface area contributed by atoms with Crippen molar-refractivity contribution in [3.05, 3.63) is 39.9 Å². The Hall–Kier alpha value is -1.90. The number of nitrogens with zero attached hydrogens (tertiary/aromatic N) is 5. The highest BCUT2D eigenvalue weighted by Gasteiger charge is 2.19. The average molecular weight is 395 g/mol. The average Bonchev–Trinajstić information content (AvgIpc) is 2.88. The Balaban J connectivity index is 1.60. The van der Waals surface area contributed by atoms with Crippen LogP contribution < -0.4 is 10.6 Å². The maximum atomic E-state index is 11.0. The van der Waals surface area contributed by atoms with Crippen molar-refractivity contribution in [3.8, 4) is 0 Å². The number of rotatable bonds is 6. The molecule has 1 amide bonds. The van der Waals surface area contributed by atoms with Crippen molar-refractivity contribution in [1.82, 2.24) is 19.2 Å². The smallest absolute Gasteiger partial charge is 0.217 e. The molecular weight excluding hydrogens is 372 g/mol. The highest BCUT2D eigenvalue weighted by Crippen LogP contribution is 2.21. The molecule has 1 saturated heterocycles. The van der Waals surface area contributed by atoms with Gasteiger partial charge in [0.25, 0.3) is 0 Å². The fourth-order valence-electron chi connectivity index (χ4n) is 3.09. The molecule has 2 heterocycles. The van der Waals surface area contributed by atoms with Crippen LogP contribution in [0.4, 0.5) is 5.69 Å². The van der Waals surface area contributed by atoms with E-state index in [0.29, 0.717) is 17.9 Å². The van der Waals surface area contributed by atoms with Gasteiger partial charge in [0, 0.05) is 56.8 Å². The molecule has 1 aliphatic rings. The molecule has 1 aliphatic heterocycles. The van der Waals surface area contributed by atoms with Crippen molar-refractivity contribution in [1.29, 1.82) is 0 Å². The molecule has 0 unspecified atom stereocenters. The van der Waals surface area contributed by atoms with Gasteiger partial charge in [-0.25, -0.2) is 4.68 Å². The van der Waals surface area contributed by atoms with Gasteiger partial charge in [-0.2, -0.15) is 5.10 Å². The van der Waals surface area contributed by atoms with Crippen LogP contribution in [-0.4, -0.2) is 51.3 Å². The number of piperazine rings is 1. The SMILES string of the molecule is Cn1c(CCC(N)=O)nn(CN2CCN(c3cccc(Cl)c3)CC2)c1=S. The third kappa shape index (κ3) is 4.44. The lowest BCUT2D eigenvalue weighted by molar-refractivity contribution is -0.118. The van der Waals surface area contributed by atoms with Gasteiger partial charge < -0.3 is 15.2 Å². The minimum absolute atomic E-state index is 0.276. The summed E-state index contributed by atoms with van der Waals surface area (Å²) >= 11 is 11.6. The van der Waals surface area contributed by atoms with Crippen LogP contribution in [0.1, 0.15) is 12.2 Å². The molecular formula is C17H23ClN6OS. The van der Waals surface area contributed by atoms with Crippen molar-refractivity contribution in [2.45, 2.75) is 19.5 Å². The Kier molecular flexibility index (Phi) is 5.95. The highest BCUT2D eigenvalue weighted by atomic mass is 35.5. The number of carbonyl (C=O) groups is 1. The van der Waals surface area contributed by atoms with E-state index >= 15 is 0 Å². The number of amides is 1. The number of nitrogens with two attached hydrogens (primary N) is 1. The van der Waals surface area contributed by atoms with Gasteiger partial charge in [-0.15, -0.1) is 0 Å². The summed E-state index contributed by atoms with van der Waals surface area (Å²) in [6.07, 6.45) is 0.781. The summed E-state index contributed by atoms with van der Waals surface area (Å²) in [5, 5.41) is 5.32. The number of hydrogen-bond acceptors (Lipinski definition) is 5. The second kappa shape index (κ2) is 8.20. The largest absolute Gasteiger partial charge is 0.370 e. The van der Waals surface area contributed by atoms with E-state index in [1.807, 2.05) is 34.5 Å². The fourth-order valence-corrected chi connectivity index (χ4v) is 3.48. The van der Waals surface area contributed by atoms with E-state index < -0.39 is 0 Å². The first-order chi connectivity index (χ1) is 12.4. The first-order valence-corrected chi connectivity index (χ1v) is 9.36. The minimum Gasteiger partial charge on any atom is -0.370 e. The minimum atomic E-state index is -0.331. The van der Waals surface area contributed by atoms with Gasteiger partial charge >= 0.3 is 0 Å². The summed E-state index contributed by atoms with van der Waals surface area (Å²) in [5.41, 5.74) is 6.38. The molecule has 9 heteroatoms. The van der Waals surface area contributed by atoms with Gasteiger partial charge in [0.15, 0.2) is 4.77 Å². The molecule has 0 aliphatic carbocycles. The predicted octanol–water partition coefficient (Wildman–Crippen LogP) is 1.80. The topological polar surface area (TPSA) is 72.3 Å². The van der Waals surface area contributed by atoms with E-state index in [-0.39, 0.29) is 12.3 Å². The van der Waals surface area contributed by atoms with Crippen molar-refractivity contribution < 1.29 is 4.79 Å². The Morgan fingerprint density at radius 2 is 2.04 bits per heavy atom. The maximum Gasteiger partial charge on any atom is 0.217 e. The van der Waals surface area contributed by atoms with E-state index in [0.717, 1.165) is 42.7 Å². The van der Waals surface area contributed by atoms with Crippen molar-refractivity contribution >= 4 is 35.4 Å². The lowest BCUT2D eigenvalue weighted by atomic mass is 10.2. The molecule has 0 bridgehead atoms. The van der Waals surface area contributed by atoms with Gasteiger partial charge in [0.05, 0.1) is 6.67 Å². The number of benzene rings is 1. The van der Waals surface area contributed by atoms with E-state index in [1.54, 1.807) is 0 Å². The third-order valence-corrected chi connectivity index (χ3v) is 5.33. The van der Waals surface area contributed by atoms with Gasteiger partial charge in [-0.3, -0.25) is 9.69 Å². The number of anilines is 1. The van der Waals surface area contributed by atoms with Crippen molar-refractivity contribution in [2.24, 2.45) is 12.8 Å². The number of aromatic nitrogens is 3. The van der Waals surface area contributed by atoms with Crippen LogP contribution in [0, 0.1) is 4.77 Å². The molecule has 3 rings (SSSR count). The van der Waals surface area contributed by atoms with Crippen molar-refractivity contribution in [2.75, 3.05) is 31.1 Å². The van der Waals surface area contributed by atoms with E-state index in [1.165, 1.54) is 0 Å². The monoisotopic (exact) mass is 394 g/mol. The Morgan fingerprint density at radius 1 is 1.31 bits per heavy atom. The van der Waals surface area contributed by atoms with E-state index in [9.17, 15) is 4.79 Å². The zero-order valence-corrected chi connectivity index (χ0v) is 16.3. The summed E-state index contributed by atoms with van der Waals surface area (Å²) in [7, 11) is 1.87. The summed E-state index contributed by atoms with van der Waals surface area (Å²) in [4.78, 5) is 15.6. The summed E-state index contributed by atoms with van der Waals surface area (Å²) in [6.45, 7) is 4.33. The van der Waals surface area contributed by atoms with Gasteiger partial charge in [-0.05, 0) is 30.4 Å². The molecule has 0 radical (unpaired) electrons. The summed E-state index contributed by atoms with van der Waals surface area (Å²) in [6, 6.07) is 7.95. The zero-order chi connectivity index (χ0) is 18.7. The van der Waals surface area contributed by atoms with Gasteiger partial charge in [0.1, 0.15) is 5.82 Å². The van der Waals surface area contributed by atoms with Gasteiger partial charge in [0.2, 0.25) is 5.91 Å². The standard InChI is InChI=1S/C17H23ClN6OS/c1-21-16(6-5-15(19)25)20-24(17(21)26)12-22-7-9-23(10-8-22)14-4-2-3-13(18)11-14/h2-4,11H,5-10,12H2,1H3,(H2,19,25). The molecule has 0 saturated carbocycles. The zero-order valence-electron chi connectivity index (χ0n) is 14.8. The summed E-state index contributed by atoms with van der Waals surface area (Å²) in [5.74, 6) is 0.453. The number of aryl methyl sites for hydroxylation is 1. The second-order valence-corrected chi connectivity index (χ2v) is 7.25. The molecule has 140 valence electrons. The maximum absolute atomic E-state index is 11.0. The molecule has 7 nitrogen and oxygen atoms in total. The van der Waals surface area contributed by atoms with Crippen LogP contribution in [0.15, 0.2) is 24.3 Å². The molecule has 1 fully saturated rings. The molecule has 1 aromatic heterocycles. The molecule has 2 N–H and O–H groups in total. The van der Waals surface area contributed by atoms with Crippen LogP contribution >= 0.6 is 23.8 Å². The van der Waals surface area contributed by atoms with Gasteiger partial charge in [-0.1, -0.05) is 17.7 Å². The number of primary amides is 1. The molecule has 1 aromatic carbocycles. The van der Waals surface area contributed by atoms with Crippen LogP contribution in [0.5, 0.6) is 0 Å². The Morgan fingerprint density at radius 3 is 2.69 bits per heavy atom. The predicted molar refractivity (Wildman–Crippen MR) is 105 cm³/mol. The van der Waals surface area contributed by atoms with Crippen LogP contribution in [0.2, 0.25) is 5.02 Å². The van der Waals surface area contributed by atoms with E-state index in [4.69, 9.17) is 29.6 Å². The first kappa shape index (κ1) is 18.9. The normalized spacial score (nSPS) is 15.4. The van der Waals surface area contributed by atoms with E-state index in [2.05, 4.69) is 21.0 Å². The van der Waals surface area contributed by atoms with Crippen molar-refractivity contribution in [3.63, 3.8) is 0 Å². The lowest BCUT2D eigenvalue weighted by Gasteiger charge is -2.35. The molecule has 26 heavy (non-hydrogen) atoms. The quantitative estimate of drug-likeness (QED) is 0.756. The van der Waals surface area contributed by atoms with Crippen LogP contribution in [-0.2, 0) is 24.9 Å². The fraction of sp³-hybridized carbons (Fsp3) is 0.471. The third-order valence-electron chi connectivity index (χ3n) is 4.61. The number of hydrogen-bond donors (Lipinski definition) is 1. The number of carbonyl (C=O) groups excluding carboxylic acids is 1. The lowest BCUT2D eigenvalue weighted by Crippen LogP contribution is -2.47. The molecule has 0 atom stereocenters. The molecule has 0 spiro atoms. The first-order valence-electron chi connectivity index (χ1n) is 8.58. The highest BCUT2D eigenvalue weighted by molar-refractivity contribution is 7.71. The number of halogens is 1. The Bertz CT molecular complexity index is 840. The summed E-state index contributed by atoms with van der Waals surface area (Å²) < 4.78 is 4.32. The van der Waals surface area contributed by atoms with Crippen LogP contribution in [0.3, 0.4) is 0 Å².